The molecule has 1 fully saturated rings. The van der Waals surface area contributed by atoms with Crippen molar-refractivity contribution >= 4 is 69.1 Å². The van der Waals surface area contributed by atoms with Crippen LogP contribution in [-0.2, 0) is 50.7 Å². The van der Waals surface area contributed by atoms with Crippen molar-refractivity contribution in [2.24, 2.45) is 5.41 Å². The molecule has 29 heteroatoms. The van der Waals surface area contributed by atoms with Gasteiger partial charge in [-0.15, -0.1) is 0 Å². The number of phosphoric acid groups is 3. The summed E-state index contributed by atoms with van der Waals surface area (Å²) in [4.78, 5) is 93.7. The van der Waals surface area contributed by atoms with E-state index in [9.17, 15) is 57.9 Å². The van der Waals surface area contributed by atoms with E-state index in [0.29, 0.717) is 12.2 Å². The van der Waals surface area contributed by atoms with Crippen LogP contribution in [0, 0.1) is 5.41 Å². The molecule has 0 bridgehead atoms. The third kappa shape index (κ3) is 16.0. The molecule has 1 aliphatic heterocycles. The quantitative estimate of drug-likeness (QED) is 0.0347. The zero-order chi connectivity index (χ0) is 41.2. The van der Waals surface area contributed by atoms with Crippen LogP contribution in [0.15, 0.2) is 12.7 Å². The molecule has 2 aromatic heterocycles. The number of rotatable bonds is 23. The molecule has 312 valence electrons. The van der Waals surface area contributed by atoms with Crippen molar-refractivity contribution in [2.75, 3.05) is 37.8 Å². The molecule has 0 radical (unpaired) electrons. The van der Waals surface area contributed by atoms with Crippen LogP contribution in [0.3, 0.4) is 0 Å². The number of ether oxygens (including phenoxy) is 1. The van der Waals surface area contributed by atoms with Crippen LogP contribution in [0.2, 0.25) is 0 Å². The maximum atomic E-state index is 12.5. The average Bonchev–Trinajstić information content (AvgIpc) is 3.64. The van der Waals surface area contributed by atoms with Crippen LogP contribution >= 0.6 is 35.2 Å². The molecule has 0 spiro atoms. The van der Waals surface area contributed by atoms with Crippen molar-refractivity contribution < 1.29 is 110 Å². The number of carbonyl (C=O) groups excluding carboxylic acids is 3. The molecule has 1 saturated heterocycles. The van der Waals surface area contributed by atoms with Gasteiger partial charge in [0.15, 0.2) is 22.8 Å². The first-order chi connectivity index (χ1) is 25.6. The van der Waals surface area contributed by atoms with Crippen molar-refractivity contribution in [1.29, 1.82) is 0 Å². The van der Waals surface area contributed by atoms with E-state index >= 15 is 0 Å². The minimum Gasteiger partial charge on any atom is -0.756 e. The van der Waals surface area contributed by atoms with E-state index in [0.717, 1.165) is 48.2 Å². The summed E-state index contributed by atoms with van der Waals surface area (Å²) in [6.07, 6.45) is -4.13. The fourth-order valence-electron chi connectivity index (χ4n) is 4.87. The van der Waals surface area contributed by atoms with Gasteiger partial charge in [-0.2, -0.15) is 0 Å². The number of phosphoric ester groups is 3. The van der Waals surface area contributed by atoms with E-state index in [1.54, 1.807) is 0 Å². The maximum absolute atomic E-state index is 12.5. The SMILES string of the molecule is CCCCCC(=O)SCCNC(=O)CCNC(=O)C(O)C(C)(C)COP(=O)([O-])OP(=O)([O-])OCC1OC(n2cnc3c(N)ncnc32)C(O)C1OP(=O)([O-])O.[Na+]. The second-order valence-electron chi connectivity index (χ2n) is 12.7. The van der Waals surface area contributed by atoms with Gasteiger partial charge in [-0.05, 0) is 6.42 Å². The summed E-state index contributed by atoms with van der Waals surface area (Å²) in [6, 6.07) is 0. The topological polar surface area (TPSA) is 372 Å². The Morgan fingerprint density at radius 2 is 1.75 bits per heavy atom. The van der Waals surface area contributed by atoms with Gasteiger partial charge in [0.2, 0.25) is 11.8 Å². The molecule has 0 saturated carbocycles. The Bertz CT molecular complexity index is 1790. The first kappa shape index (κ1) is 50.7. The van der Waals surface area contributed by atoms with Crippen LogP contribution in [0.4, 0.5) is 5.82 Å². The van der Waals surface area contributed by atoms with E-state index in [1.807, 2.05) is 6.92 Å². The third-order valence-electron chi connectivity index (χ3n) is 7.73. The van der Waals surface area contributed by atoms with Gasteiger partial charge in [0.1, 0.15) is 36.3 Å². The molecule has 0 aromatic carbocycles. The van der Waals surface area contributed by atoms with Gasteiger partial charge in [0, 0.05) is 37.1 Å². The zero-order valence-corrected chi connectivity index (χ0v) is 36.3. The summed E-state index contributed by atoms with van der Waals surface area (Å²) in [5.74, 6) is -1.13. The molecule has 8 atom stereocenters. The summed E-state index contributed by atoms with van der Waals surface area (Å²) < 4.78 is 60.8. The number of amides is 2. The smallest absolute Gasteiger partial charge is 0.756 e. The number of unbranched alkanes of at least 4 members (excludes halogenated alkanes) is 2. The summed E-state index contributed by atoms with van der Waals surface area (Å²) >= 11 is 1.11. The number of carbonyl (C=O) groups is 3. The number of aliphatic hydroxyl groups is 2. The maximum Gasteiger partial charge on any atom is 1.00 e. The van der Waals surface area contributed by atoms with Crippen LogP contribution in [0.25, 0.3) is 11.2 Å². The Hall–Kier alpha value is -1.44. The van der Waals surface area contributed by atoms with Gasteiger partial charge in [-0.3, -0.25) is 32.6 Å². The molecule has 2 amide bonds. The largest absolute Gasteiger partial charge is 1.00 e. The van der Waals surface area contributed by atoms with Crippen molar-refractivity contribution in [2.45, 2.75) is 83.5 Å². The number of nitrogens with zero attached hydrogens (tertiary/aromatic N) is 4. The molecule has 3 heterocycles. The molecule has 56 heavy (non-hydrogen) atoms. The van der Waals surface area contributed by atoms with E-state index in [2.05, 4.69) is 43.5 Å². The van der Waals surface area contributed by atoms with Crippen molar-refractivity contribution in [3.63, 3.8) is 0 Å². The third-order valence-corrected chi connectivity index (χ3v) is 11.7. The molecule has 8 unspecified atom stereocenters. The number of hydrogen-bond acceptors (Lipinski definition) is 21. The van der Waals surface area contributed by atoms with Gasteiger partial charge in [-0.1, -0.05) is 45.4 Å². The Morgan fingerprint density at radius 1 is 1.07 bits per heavy atom. The molecule has 7 N–H and O–H groups in total. The Kier molecular flexibility index (Phi) is 20.1. The average molecular weight is 886 g/mol. The van der Waals surface area contributed by atoms with E-state index in [-0.39, 0.29) is 71.2 Å². The second-order valence-corrected chi connectivity index (χ2v) is 17.9. The standard InChI is InChI=1S/C27H46N7O17P3S.Na/c1-4-5-6-7-18(36)55-11-10-29-17(35)8-9-30-25(39)22(38)27(2,3)13-48-54(45,46)51-53(43,44)47-12-16-21(50-52(40,41)42)20(37)26(49-16)34-15-33-19-23(28)31-14-32-24(19)34;/h14-16,20-22,26,37-38H,4-13H2,1-3H3,(H,29,35)(H,30,39)(H,43,44)(H,45,46)(H2,28,31,32)(H2,40,41,42);/q;+1/p-3. The van der Waals surface area contributed by atoms with Crippen LogP contribution < -0.4 is 60.6 Å². The van der Waals surface area contributed by atoms with Gasteiger partial charge in [0.25, 0.3) is 23.5 Å². The summed E-state index contributed by atoms with van der Waals surface area (Å²) in [6.45, 7) is 2.23. The van der Waals surface area contributed by atoms with Gasteiger partial charge < -0.3 is 64.5 Å². The fourth-order valence-corrected chi connectivity index (χ4v) is 8.33. The van der Waals surface area contributed by atoms with Crippen LogP contribution in [-0.4, -0.2) is 108 Å². The molecule has 1 aliphatic rings. The number of nitrogen functional groups attached to an aromatic ring is 1. The Labute approximate surface area is 347 Å². The number of hydrogen-bond donors (Lipinski definition) is 6. The Balaban J connectivity index is 0.0000108. The molecular formula is C27H43N7NaO17P3S-2. The summed E-state index contributed by atoms with van der Waals surface area (Å²) in [5, 5.41) is 26.3. The van der Waals surface area contributed by atoms with Gasteiger partial charge >= 0.3 is 29.6 Å². The zero-order valence-electron chi connectivity index (χ0n) is 30.8. The first-order valence-electron chi connectivity index (χ1n) is 16.5. The molecule has 0 aliphatic carbocycles. The minimum atomic E-state index is -5.89. The monoisotopic (exact) mass is 885 g/mol. The predicted molar refractivity (Wildman–Crippen MR) is 185 cm³/mol. The normalized spacial score (nSPS) is 22.3. The number of anilines is 1. The summed E-state index contributed by atoms with van der Waals surface area (Å²) in [7, 11) is -17.3. The number of thioether (sulfide) groups is 1. The number of aromatic nitrogens is 4. The van der Waals surface area contributed by atoms with Crippen LogP contribution in [0.1, 0.15) is 59.1 Å². The van der Waals surface area contributed by atoms with Crippen molar-refractivity contribution in [3.05, 3.63) is 12.7 Å². The van der Waals surface area contributed by atoms with Crippen molar-refractivity contribution in [1.82, 2.24) is 30.2 Å². The number of nitrogens with one attached hydrogen (secondary N) is 2. The van der Waals surface area contributed by atoms with Gasteiger partial charge in [0.05, 0.1) is 19.5 Å². The fraction of sp³-hybridized carbons (Fsp3) is 0.704. The van der Waals surface area contributed by atoms with E-state index in [4.69, 9.17) is 10.5 Å². The molecular weight excluding hydrogens is 842 g/mol. The minimum absolute atomic E-state index is 0. The molecule has 3 rings (SSSR count). The number of fused-ring (bicyclic) bond motifs is 1. The van der Waals surface area contributed by atoms with Crippen molar-refractivity contribution in [3.8, 4) is 0 Å². The second kappa shape index (κ2) is 22.2. The Morgan fingerprint density at radius 3 is 2.41 bits per heavy atom. The van der Waals surface area contributed by atoms with Crippen LogP contribution in [0.5, 0.6) is 0 Å². The predicted octanol–water partition coefficient (Wildman–Crippen LogP) is -4.65. The first-order valence-corrected chi connectivity index (χ1v) is 22.0. The molecule has 24 nitrogen and oxygen atoms in total. The van der Waals surface area contributed by atoms with E-state index in [1.165, 1.54) is 13.8 Å². The number of nitrogens with two attached hydrogens (primary N) is 1. The number of imidazole rings is 1. The number of aliphatic hydroxyl groups excluding tert-OH is 2. The van der Waals surface area contributed by atoms with Gasteiger partial charge in [-0.25, -0.2) is 19.3 Å². The van der Waals surface area contributed by atoms with E-state index < -0.39 is 84.6 Å². The molecule has 2 aromatic rings. The summed E-state index contributed by atoms with van der Waals surface area (Å²) in [5.41, 5.74) is 4.12.